The van der Waals surface area contributed by atoms with E-state index in [4.69, 9.17) is 19.9 Å². The van der Waals surface area contributed by atoms with Crippen molar-refractivity contribution in [3.63, 3.8) is 0 Å². The highest BCUT2D eigenvalue weighted by molar-refractivity contribution is 6.01. The Balaban J connectivity index is 1.54. The SMILES string of the molecule is CCOc1ccc(C(=O)CCC(=O)Nc2cc3c(cc2N)OCO3)cc1. The monoisotopic (exact) mass is 356 g/mol. The van der Waals surface area contributed by atoms with E-state index in [1.807, 2.05) is 6.92 Å². The molecule has 7 nitrogen and oxygen atoms in total. The van der Waals surface area contributed by atoms with Crippen LogP contribution in [0.1, 0.15) is 30.1 Å². The number of anilines is 2. The number of Topliss-reactive ketones (excluding diaryl/α,β-unsaturated/α-hetero) is 1. The zero-order valence-electron chi connectivity index (χ0n) is 14.4. The summed E-state index contributed by atoms with van der Waals surface area (Å²) >= 11 is 0. The van der Waals surface area contributed by atoms with E-state index in [0.717, 1.165) is 0 Å². The van der Waals surface area contributed by atoms with Crippen molar-refractivity contribution in [1.82, 2.24) is 0 Å². The molecule has 0 aliphatic carbocycles. The molecule has 7 heteroatoms. The number of nitrogens with two attached hydrogens (primary N) is 1. The number of rotatable bonds is 7. The van der Waals surface area contributed by atoms with Crippen molar-refractivity contribution < 1.29 is 23.8 Å². The van der Waals surface area contributed by atoms with Gasteiger partial charge >= 0.3 is 0 Å². The zero-order chi connectivity index (χ0) is 18.5. The second-order valence-corrected chi connectivity index (χ2v) is 5.72. The summed E-state index contributed by atoms with van der Waals surface area (Å²) in [6, 6.07) is 10.1. The topological polar surface area (TPSA) is 99.9 Å². The van der Waals surface area contributed by atoms with Gasteiger partial charge < -0.3 is 25.3 Å². The number of hydrogen-bond acceptors (Lipinski definition) is 6. The van der Waals surface area contributed by atoms with Gasteiger partial charge in [0.15, 0.2) is 17.3 Å². The number of carbonyl (C=O) groups is 2. The fourth-order valence-corrected chi connectivity index (χ4v) is 2.55. The van der Waals surface area contributed by atoms with Crippen LogP contribution in [0.25, 0.3) is 0 Å². The molecule has 3 N–H and O–H groups in total. The Labute approximate surface area is 151 Å². The van der Waals surface area contributed by atoms with Crippen LogP contribution in [0.5, 0.6) is 17.2 Å². The summed E-state index contributed by atoms with van der Waals surface area (Å²) in [4.78, 5) is 24.3. The second kappa shape index (κ2) is 7.77. The number of benzene rings is 2. The molecule has 1 aliphatic heterocycles. The van der Waals surface area contributed by atoms with E-state index in [2.05, 4.69) is 5.32 Å². The molecule has 2 aromatic carbocycles. The first kappa shape index (κ1) is 17.6. The average molecular weight is 356 g/mol. The lowest BCUT2D eigenvalue weighted by molar-refractivity contribution is -0.116. The van der Waals surface area contributed by atoms with E-state index in [9.17, 15) is 9.59 Å². The van der Waals surface area contributed by atoms with Gasteiger partial charge in [-0.2, -0.15) is 0 Å². The normalized spacial score (nSPS) is 11.9. The summed E-state index contributed by atoms with van der Waals surface area (Å²) in [6.07, 6.45) is 0.157. The van der Waals surface area contributed by atoms with Gasteiger partial charge in [0.1, 0.15) is 5.75 Å². The third-order valence-electron chi connectivity index (χ3n) is 3.89. The maximum atomic E-state index is 12.2. The van der Waals surface area contributed by atoms with Crippen LogP contribution in [-0.4, -0.2) is 25.1 Å². The largest absolute Gasteiger partial charge is 0.494 e. The number of ether oxygens (including phenoxy) is 3. The molecule has 0 spiro atoms. The molecule has 0 aromatic heterocycles. The molecule has 0 saturated carbocycles. The van der Waals surface area contributed by atoms with E-state index in [1.54, 1.807) is 36.4 Å². The minimum atomic E-state index is -0.296. The molecule has 0 radical (unpaired) electrons. The van der Waals surface area contributed by atoms with Crippen LogP contribution in [0.3, 0.4) is 0 Å². The van der Waals surface area contributed by atoms with E-state index < -0.39 is 0 Å². The van der Waals surface area contributed by atoms with Crippen molar-refractivity contribution in [2.75, 3.05) is 24.5 Å². The van der Waals surface area contributed by atoms with Crippen LogP contribution in [0.4, 0.5) is 11.4 Å². The molecular weight excluding hydrogens is 336 g/mol. The fourth-order valence-electron chi connectivity index (χ4n) is 2.55. The predicted molar refractivity (Wildman–Crippen MR) is 96.8 cm³/mol. The Hall–Kier alpha value is -3.22. The highest BCUT2D eigenvalue weighted by Gasteiger charge is 2.17. The van der Waals surface area contributed by atoms with Gasteiger partial charge in [0, 0.05) is 30.5 Å². The third-order valence-corrected chi connectivity index (χ3v) is 3.89. The number of hydrogen-bond donors (Lipinski definition) is 2. The number of nitrogens with one attached hydrogen (secondary N) is 1. The van der Waals surface area contributed by atoms with Crippen LogP contribution in [0.2, 0.25) is 0 Å². The molecule has 3 rings (SSSR count). The van der Waals surface area contributed by atoms with Gasteiger partial charge in [-0.15, -0.1) is 0 Å². The van der Waals surface area contributed by atoms with E-state index >= 15 is 0 Å². The van der Waals surface area contributed by atoms with Crippen molar-refractivity contribution in [3.05, 3.63) is 42.0 Å². The highest BCUT2D eigenvalue weighted by atomic mass is 16.7. The zero-order valence-corrected chi connectivity index (χ0v) is 14.4. The Morgan fingerprint density at radius 3 is 2.50 bits per heavy atom. The molecular formula is C19H20N2O5. The summed E-state index contributed by atoms with van der Waals surface area (Å²) in [7, 11) is 0. The van der Waals surface area contributed by atoms with Crippen molar-refractivity contribution in [2.24, 2.45) is 0 Å². The minimum absolute atomic E-state index is 0.0555. The van der Waals surface area contributed by atoms with Crippen LogP contribution >= 0.6 is 0 Å². The van der Waals surface area contributed by atoms with Crippen LogP contribution in [0, 0.1) is 0 Å². The third kappa shape index (κ3) is 4.05. The van der Waals surface area contributed by atoms with Crippen molar-refractivity contribution in [3.8, 4) is 17.2 Å². The summed E-state index contributed by atoms with van der Waals surface area (Å²) in [6.45, 7) is 2.59. The van der Waals surface area contributed by atoms with Crippen molar-refractivity contribution in [2.45, 2.75) is 19.8 Å². The van der Waals surface area contributed by atoms with Gasteiger partial charge in [0.05, 0.1) is 18.0 Å². The summed E-state index contributed by atoms with van der Waals surface area (Å²) in [5.41, 5.74) is 7.26. The molecule has 136 valence electrons. The number of nitrogen functional groups attached to an aromatic ring is 1. The standard InChI is InChI=1S/C19H20N2O5/c1-2-24-13-5-3-12(4-6-13)16(22)7-8-19(23)21-15-10-18-17(9-14(15)20)25-11-26-18/h3-6,9-10H,2,7-8,11,20H2,1H3,(H,21,23). The van der Waals surface area contributed by atoms with Crippen LogP contribution in [-0.2, 0) is 4.79 Å². The Bertz CT molecular complexity index is 817. The quantitative estimate of drug-likeness (QED) is 0.584. The van der Waals surface area contributed by atoms with E-state index in [-0.39, 0.29) is 31.3 Å². The number of fused-ring (bicyclic) bond motifs is 1. The van der Waals surface area contributed by atoms with E-state index in [0.29, 0.717) is 40.8 Å². The molecule has 2 aromatic rings. The van der Waals surface area contributed by atoms with E-state index in [1.165, 1.54) is 0 Å². The molecule has 0 unspecified atom stereocenters. The van der Waals surface area contributed by atoms with Crippen molar-refractivity contribution in [1.29, 1.82) is 0 Å². The smallest absolute Gasteiger partial charge is 0.231 e. The molecule has 1 heterocycles. The number of amides is 1. The van der Waals surface area contributed by atoms with Gasteiger partial charge in [-0.3, -0.25) is 9.59 Å². The fraction of sp³-hybridized carbons (Fsp3) is 0.263. The molecule has 1 amide bonds. The summed E-state index contributed by atoms with van der Waals surface area (Å²) in [5, 5.41) is 2.70. The Morgan fingerprint density at radius 2 is 1.81 bits per heavy atom. The molecule has 0 saturated heterocycles. The molecule has 0 atom stereocenters. The molecule has 26 heavy (non-hydrogen) atoms. The van der Waals surface area contributed by atoms with Crippen LogP contribution in [0.15, 0.2) is 36.4 Å². The first-order valence-electron chi connectivity index (χ1n) is 8.32. The average Bonchev–Trinajstić information content (AvgIpc) is 3.08. The van der Waals surface area contributed by atoms with Crippen LogP contribution < -0.4 is 25.3 Å². The number of ketones is 1. The lowest BCUT2D eigenvalue weighted by atomic mass is 10.1. The lowest BCUT2D eigenvalue weighted by Crippen LogP contribution is -2.14. The first-order valence-corrected chi connectivity index (χ1v) is 8.32. The number of carbonyl (C=O) groups excluding carboxylic acids is 2. The van der Waals surface area contributed by atoms with Gasteiger partial charge in [-0.25, -0.2) is 0 Å². The second-order valence-electron chi connectivity index (χ2n) is 5.72. The van der Waals surface area contributed by atoms with Gasteiger partial charge in [-0.05, 0) is 31.2 Å². The Morgan fingerprint density at radius 1 is 1.12 bits per heavy atom. The molecule has 0 fully saturated rings. The first-order chi connectivity index (χ1) is 12.6. The van der Waals surface area contributed by atoms with Gasteiger partial charge in [0.25, 0.3) is 0 Å². The lowest BCUT2D eigenvalue weighted by Gasteiger charge is -2.09. The minimum Gasteiger partial charge on any atom is -0.494 e. The molecule has 1 aliphatic rings. The Kier molecular flexibility index (Phi) is 5.26. The maximum absolute atomic E-state index is 12.2. The van der Waals surface area contributed by atoms with Gasteiger partial charge in [-0.1, -0.05) is 0 Å². The summed E-state index contributed by atoms with van der Waals surface area (Å²) in [5.74, 6) is 1.38. The van der Waals surface area contributed by atoms with Gasteiger partial charge in [0.2, 0.25) is 12.7 Å². The van der Waals surface area contributed by atoms with Crippen molar-refractivity contribution >= 4 is 23.1 Å². The highest BCUT2D eigenvalue weighted by Crippen LogP contribution is 2.38. The maximum Gasteiger partial charge on any atom is 0.231 e. The molecule has 0 bridgehead atoms. The summed E-state index contributed by atoms with van der Waals surface area (Å²) < 4.78 is 15.8. The predicted octanol–water partition coefficient (Wildman–Crippen LogP) is 3.00.